The molecule has 32 heavy (non-hydrogen) atoms. The molecule has 0 aliphatic carbocycles. The molecule has 2 aromatic rings. The summed E-state index contributed by atoms with van der Waals surface area (Å²) in [6.07, 6.45) is 1.78. The Morgan fingerprint density at radius 1 is 1.25 bits per heavy atom. The molecule has 174 valence electrons. The zero-order valence-corrected chi connectivity index (χ0v) is 19.8. The Hall–Kier alpha value is -2.79. The minimum Gasteiger partial charge on any atom is -0.391 e. The number of aromatic nitrogens is 2. The summed E-state index contributed by atoms with van der Waals surface area (Å²) in [4.78, 5) is 32.7. The number of carbonyl (C=O) groups excluding carboxylic acids is 2. The van der Waals surface area contributed by atoms with Crippen molar-refractivity contribution in [3.05, 3.63) is 35.9 Å². The molecule has 1 saturated heterocycles. The Morgan fingerprint density at radius 2 is 1.97 bits per heavy atom. The first-order valence-electron chi connectivity index (χ1n) is 10.5. The average Bonchev–Trinajstić information content (AvgIpc) is 3.16. The second kappa shape index (κ2) is 10.2. The maximum atomic E-state index is 12.5. The van der Waals surface area contributed by atoms with Gasteiger partial charge in [-0.15, -0.1) is 0 Å². The Labute approximate surface area is 193 Å². The van der Waals surface area contributed by atoms with Crippen LogP contribution in [-0.4, -0.2) is 70.3 Å². The average molecular weight is 463 g/mol. The Balaban J connectivity index is 1.44. The van der Waals surface area contributed by atoms with Gasteiger partial charge in [0.25, 0.3) is 0 Å². The first-order valence-corrected chi connectivity index (χ1v) is 10.9. The minimum atomic E-state index is -0.441. The van der Waals surface area contributed by atoms with E-state index < -0.39 is 6.09 Å². The van der Waals surface area contributed by atoms with Crippen molar-refractivity contribution >= 4 is 30.6 Å². The van der Waals surface area contributed by atoms with E-state index in [4.69, 9.17) is 9.26 Å². The Morgan fingerprint density at radius 3 is 2.53 bits per heavy atom. The molecule has 1 N–H and O–H groups in total. The number of urea groups is 1. The van der Waals surface area contributed by atoms with Crippen molar-refractivity contribution in [1.29, 1.82) is 0 Å². The van der Waals surface area contributed by atoms with Gasteiger partial charge in [-0.2, -0.15) is 0 Å². The Kier molecular flexibility index (Phi) is 7.62. The van der Waals surface area contributed by atoms with E-state index in [1.807, 2.05) is 33.8 Å². The number of carbonyl (C=O) groups is 2. The largest absolute Gasteiger partial charge is 0.416 e. The van der Waals surface area contributed by atoms with Crippen molar-refractivity contribution < 1.29 is 18.8 Å². The summed E-state index contributed by atoms with van der Waals surface area (Å²) in [5.74, 6) is 1.04. The van der Waals surface area contributed by atoms with E-state index in [2.05, 4.69) is 33.2 Å². The summed E-state index contributed by atoms with van der Waals surface area (Å²) < 4.78 is 11.8. The van der Waals surface area contributed by atoms with Gasteiger partial charge < -0.3 is 19.5 Å². The van der Waals surface area contributed by atoms with Gasteiger partial charge in [-0.05, 0) is 33.8 Å². The van der Waals surface area contributed by atoms with Gasteiger partial charge in [0.05, 0.1) is 17.6 Å². The number of hydrogen-bond acceptors (Lipinski definition) is 8. The Bertz CT molecular complexity index is 919. The highest BCUT2D eigenvalue weighted by Crippen LogP contribution is 2.19. The number of ether oxygens (including phenoxy) is 1. The molecular formula is C21H30N6O4S. The van der Waals surface area contributed by atoms with Gasteiger partial charge in [0.1, 0.15) is 5.76 Å². The highest BCUT2D eigenvalue weighted by atomic mass is 32.1. The van der Waals surface area contributed by atoms with Gasteiger partial charge in [-0.25, -0.2) is 18.9 Å². The smallest absolute Gasteiger partial charge is 0.391 e. The molecule has 0 bridgehead atoms. The molecule has 0 atom stereocenters. The van der Waals surface area contributed by atoms with Gasteiger partial charge in [0.15, 0.2) is 0 Å². The molecule has 0 spiro atoms. The number of thiol groups is 1. The van der Waals surface area contributed by atoms with Crippen LogP contribution in [0, 0.1) is 6.92 Å². The molecule has 3 amide bonds. The number of amides is 3. The summed E-state index contributed by atoms with van der Waals surface area (Å²) in [5.41, 5.74) is 0.954. The van der Waals surface area contributed by atoms with Crippen LogP contribution in [0.4, 0.5) is 15.3 Å². The zero-order valence-electron chi connectivity index (χ0n) is 18.9. The molecule has 1 aliphatic rings. The molecule has 10 nitrogen and oxygen atoms in total. The normalized spacial score (nSPS) is 14.8. The van der Waals surface area contributed by atoms with Crippen molar-refractivity contribution in [2.45, 2.75) is 39.7 Å². The third-order valence-corrected chi connectivity index (χ3v) is 5.23. The van der Waals surface area contributed by atoms with E-state index in [-0.39, 0.29) is 17.5 Å². The van der Waals surface area contributed by atoms with Crippen LogP contribution in [0.2, 0.25) is 0 Å². The fraction of sp³-hybridized carbons (Fsp3) is 0.524. The summed E-state index contributed by atoms with van der Waals surface area (Å²) in [6.45, 7) is 11.0. The van der Waals surface area contributed by atoms with Gasteiger partial charge in [0.2, 0.25) is 5.88 Å². The molecule has 0 saturated carbocycles. The lowest BCUT2D eigenvalue weighted by Gasteiger charge is -2.33. The summed E-state index contributed by atoms with van der Waals surface area (Å²) in [7, 11) is 0. The molecule has 2 aromatic heterocycles. The molecule has 3 heterocycles. The van der Waals surface area contributed by atoms with Crippen LogP contribution < -0.4 is 14.4 Å². The van der Waals surface area contributed by atoms with E-state index >= 15 is 0 Å². The highest BCUT2D eigenvalue weighted by molar-refractivity contribution is 7.82. The fourth-order valence-electron chi connectivity index (χ4n) is 3.16. The third kappa shape index (κ3) is 6.86. The van der Waals surface area contributed by atoms with E-state index in [1.165, 1.54) is 12.3 Å². The first-order chi connectivity index (χ1) is 15.1. The van der Waals surface area contributed by atoms with Crippen LogP contribution in [0.5, 0.6) is 5.88 Å². The van der Waals surface area contributed by atoms with E-state index in [9.17, 15) is 9.59 Å². The second-order valence-corrected chi connectivity index (χ2v) is 9.13. The van der Waals surface area contributed by atoms with Crippen LogP contribution in [0.15, 0.2) is 28.9 Å². The van der Waals surface area contributed by atoms with Crippen LogP contribution in [0.25, 0.3) is 0 Å². The van der Waals surface area contributed by atoms with Gasteiger partial charge in [0, 0.05) is 56.8 Å². The summed E-state index contributed by atoms with van der Waals surface area (Å²) >= 11 is 4.21. The van der Waals surface area contributed by atoms with Gasteiger partial charge in [-0.1, -0.05) is 18.0 Å². The molecule has 3 rings (SSSR count). The van der Waals surface area contributed by atoms with Crippen molar-refractivity contribution in [3.63, 3.8) is 0 Å². The molecule has 0 unspecified atom stereocenters. The van der Waals surface area contributed by atoms with Gasteiger partial charge in [-0.3, -0.25) is 4.90 Å². The molecule has 0 radical (unpaired) electrons. The number of hydrogen-bond donors (Lipinski definition) is 2. The third-order valence-electron chi connectivity index (χ3n) is 4.81. The van der Waals surface area contributed by atoms with E-state index in [1.54, 1.807) is 11.0 Å². The molecular weight excluding hydrogens is 432 g/mol. The predicted octanol–water partition coefficient (Wildman–Crippen LogP) is 2.90. The number of nitrogens with one attached hydrogen (secondary N) is 1. The number of pyridine rings is 1. The first kappa shape index (κ1) is 23.9. The number of rotatable bonds is 5. The predicted molar refractivity (Wildman–Crippen MR) is 123 cm³/mol. The molecule has 1 aliphatic heterocycles. The monoisotopic (exact) mass is 462 g/mol. The standard InChI is InChI=1S/C21H30N6O4S/c1-15-13-17(31-24-15)7-8-25-9-11-26(12-10-25)20(29)30-18-6-5-16(14-22-18)27(32)19(28)23-21(2,3)4/h5-6,13-14,32H,7-12H2,1-4H3,(H,23,28). The van der Waals surface area contributed by atoms with Crippen LogP contribution >= 0.6 is 12.8 Å². The number of anilines is 1. The topological polar surface area (TPSA) is 104 Å². The van der Waals surface area contributed by atoms with Gasteiger partial charge >= 0.3 is 12.1 Å². The fourth-order valence-corrected chi connectivity index (χ4v) is 3.33. The highest BCUT2D eigenvalue weighted by Gasteiger charge is 2.23. The van der Waals surface area contributed by atoms with E-state index in [0.717, 1.165) is 41.8 Å². The molecule has 0 aromatic carbocycles. The number of aryl methyl sites for hydroxylation is 1. The lowest BCUT2D eigenvalue weighted by atomic mass is 10.1. The van der Waals surface area contributed by atoms with Crippen molar-refractivity contribution in [3.8, 4) is 5.88 Å². The number of piperazine rings is 1. The van der Waals surface area contributed by atoms with E-state index in [0.29, 0.717) is 18.8 Å². The zero-order chi connectivity index (χ0) is 23.3. The maximum Gasteiger partial charge on any atom is 0.416 e. The lowest BCUT2D eigenvalue weighted by Crippen LogP contribution is -2.50. The van der Waals surface area contributed by atoms with Crippen LogP contribution in [0.3, 0.4) is 0 Å². The summed E-state index contributed by atoms with van der Waals surface area (Å²) in [6, 6.07) is 4.73. The minimum absolute atomic E-state index is 0.167. The summed E-state index contributed by atoms with van der Waals surface area (Å²) in [5, 5.41) is 6.71. The van der Waals surface area contributed by atoms with Crippen molar-refractivity contribution in [1.82, 2.24) is 25.3 Å². The molecule has 11 heteroatoms. The van der Waals surface area contributed by atoms with Crippen molar-refractivity contribution in [2.24, 2.45) is 0 Å². The lowest BCUT2D eigenvalue weighted by molar-refractivity contribution is 0.109. The second-order valence-electron chi connectivity index (χ2n) is 8.73. The van der Waals surface area contributed by atoms with Crippen LogP contribution in [-0.2, 0) is 6.42 Å². The maximum absolute atomic E-state index is 12.5. The SMILES string of the molecule is Cc1cc(CCN2CCN(C(=O)Oc3ccc(N(S)C(=O)NC(C)(C)C)cn3)CC2)on1. The number of nitrogens with zero attached hydrogens (tertiary/aromatic N) is 5. The molecule has 1 fully saturated rings. The van der Waals surface area contributed by atoms with Crippen molar-refractivity contribution in [2.75, 3.05) is 37.0 Å². The van der Waals surface area contributed by atoms with Crippen LogP contribution in [0.1, 0.15) is 32.2 Å². The quantitative estimate of drug-likeness (QED) is 0.659.